The Morgan fingerprint density at radius 2 is 1.82 bits per heavy atom. The highest BCUT2D eigenvalue weighted by Gasteiger charge is 2.38. The molecule has 0 unspecified atom stereocenters. The molecule has 1 saturated heterocycles. The molecule has 7 nitrogen and oxygen atoms in total. The summed E-state index contributed by atoms with van der Waals surface area (Å²) in [5.74, 6) is -0.323. The van der Waals surface area contributed by atoms with Gasteiger partial charge in [0, 0.05) is 30.5 Å². The molecule has 4 aromatic rings. The third kappa shape index (κ3) is 4.16. The normalized spacial score (nSPS) is 21.9. The zero-order valence-corrected chi connectivity index (χ0v) is 22.2. The number of ether oxygens (including phenoxy) is 2. The lowest BCUT2D eigenvalue weighted by molar-refractivity contribution is 0.0584. The second-order valence-electron chi connectivity index (χ2n) is 9.97. The van der Waals surface area contributed by atoms with Crippen molar-refractivity contribution in [2.75, 3.05) is 18.6 Å². The predicted molar refractivity (Wildman–Crippen MR) is 143 cm³/mol. The number of methoxy groups -OCH3 is 1. The van der Waals surface area contributed by atoms with Crippen LogP contribution in [0.15, 0.2) is 40.9 Å². The minimum atomic E-state index is -0.938. The zero-order valence-electron chi connectivity index (χ0n) is 21.4. The topological polar surface area (TPSA) is 65.6 Å². The van der Waals surface area contributed by atoms with E-state index in [1.165, 1.54) is 6.07 Å². The number of imidazole rings is 1. The lowest BCUT2D eigenvalue weighted by atomic mass is 9.92. The van der Waals surface area contributed by atoms with Gasteiger partial charge in [0.25, 0.3) is 5.17 Å². The Morgan fingerprint density at radius 3 is 2.50 bits per heavy atom. The fourth-order valence-electron chi connectivity index (χ4n) is 5.86. The second-order valence-corrected chi connectivity index (χ2v) is 10.3. The van der Waals surface area contributed by atoms with Crippen molar-refractivity contribution in [3.05, 3.63) is 65.3 Å². The maximum atomic E-state index is 14.2. The van der Waals surface area contributed by atoms with Gasteiger partial charge in [-0.2, -0.15) is 0 Å². The van der Waals surface area contributed by atoms with Crippen LogP contribution in [0.3, 0.4) is 0 Å². The average molecular weight is 539 g/mol. The molecule has 0 spiro atoms. The van der Waals surface area contributed by atoms with Crippen molar-refractivity contribution in [3.63, 3.8) is 0 Å². The molecule has 2 aromatic carbocycles. The van der Waals surface area contributed by atoms with Crippen molar-refractivity contribution in [1.82, 2.24) is 14.7 Å². The first-order valence-electron chi connectivity index (χ1n) is 12.7. The Hall–Kier alpha value is -3.37. The van der Waals surface area contributed by atoms with E-state index in [1.807, 2.05) is 13.8 Å². The van der Waals surface area contributed by atoms with Crippen LogP contribution in [0.4, 0.5) is 14.5 Å². The van der Waals surface area contributed by atoms with E-state index >= 15 is 0 Å². The van der Waals surface area contributed by atoms with E-state index in [0.29, 0.717) is 5.69 Å². The number of anilines is 1. The Balaban J connectivity index is 1.49. The lowest BCUT2D eigenvalue weighted by Crippen LogP contribution is -2.31. The average Bonchev–Trinajstić information content (AvgIpc) is 3.59. The Bertz CT molecular complexity index is 1510. The number of rotatable bonds is 5. The van der Waals surface area contributed by atoms with Gasteiger partial charge in [0.15, 0.2) is 11.6 Å². The first kappa shape index (κ1) is 24.9. The van der Waals surface area contributed by atoms with Crippen molar-refractivity contribution in [1.29, 1.82) is 0 Å². The molecule has 1 aliphatic heterocycles. The van der Waals surface area contributed by atoms with Crippen molar-refractivity contribution >= 4 is 34.1 Å². The van der Waals surface area contributed by atoms with E-state index < -0.39 is 17.7 Å². The van der Waals surface area contributed by atoms with Crippen LogP contribution in [-0.2, 0) is 9.47 Å². The summed E-state index contributed by atoms with van der Waals surface area (Å²) < 4.78 is 47.0. The third-order valence-corrected chi connectivity index (χ3v) is 8.05. The molecule has 0 radical (unpaired) electrons. The highest BCUT2D eigenvalue weighted by atomic mass is 32.1. The van der Waals surface area contributed by atoms with Crippen molar-refractivity contribution in [3.8, 4) is 11.1 Å². The molecule has 6 rings (SSSR count). The Morgan fingerprint density at radius 1 is 1.03 bits per heavy atom. The molecule has 38 heavy (non-hydrogen) atoms. The number of aromatic nitrogens is 3. The van der Waals surface area contributed by atoms with E-state index in [-0.39, 0.29) is 23.9 Å². The fraction of sp³-hybridized carbons (Fsp3) is 0.393. The van der Waals surface area contributed by atoms with Gasteiger partial charge in [-0.05, 0) is 81.6 Å². The number of hydrogen-bond donors (Lipinski definition) is 0. The SMILES string of the molecule is CO[C@H]1CC[C@H](n2c([C@@H]3COC(=S)N3c3ccc(F)c(F)c3)nc3cc(-c4c(C)noc4C)ccc32)CC1. The van der Waals surface area contributed by atoms with Crippen LogP contribution >= 0.6 is 12.2 Å². The molecule has 10 heteroatoms. The molecule has 1 atom stereocenters. The molecule has 1 saturated carbocycles. The standard InChI is InChI=1S/C28H28F2N4O3S/c1-15-26(16(2)37-32-15)17-4-11-24-23(12-17)31-27(33(24)18-5-8-20(35-3)9-6-18)25-14-36-28(38)34(25)19-7-10-21(29)22(30)13-19/h4,7,10-13,18,20,25H,5-6,8-9,14H2,1-3H3/t18-,20-,25-/m0/s1. The van der Waals surface area contributed by atoms with E-state index in [4.69, 9.17) is 31.2 Å². The number of benzene rings is 2. The van der Waals surface area contributed by atoms with Crippen LogP contribution in [-0.4, -0.2) is 39.7 Å². The lowest BCUT2D eigenvalue weighted by Gasteiger charge is -2.32. The number of thiocarbonyl (C=S) groups is 1. The van der Waals surface area contributed by atoms with Crippen LogP contribution in [0.5, 0.6) is 0 Å². The minimum absolute atomic E-state index is 0.201. The summed E-state index contributed by atoms with van der Waals surface area (Å²) in [4.78, 5) is 6.85. The first-order valence-corrected chi connectivity index (χ1v) is 13.2. The molecule has 2 fully saturated rings. The summed E-state index contributed by atoms with van der Waals surface area (Å²) in [6, 6.07) is 9.78. The summed E-state index contributed by atoms with van der Waals surface area (Å²) in [7, 11) is 1.76. The first-order chi connectivity index (χ1) is 18.4. The summed E-state index contributed by atoms with van der Waals surface area (Å²) in [6.07, 6.45) is 4.02. The third-order valence-electron chi connectivity index (χ3n) is 7.73. The van der Waals surface area contributed by atoms with Crippen LogP contribution < -0.4 is 4.90 Å². The van der Waals surface area contributed by atoms with Crippen molar-refractivity contribution in [2.45, 2.75) is 57.7 Å². The minimum Gasteiger partial charge on any atom is -0.468 e. The highest BCUT2D eigenvalue weighted by molar-refractivity contribution is 7.80. The van der Waals surface area contributed by atoms with Gasteiger partial charge >= 0.3 is 0 Å². The summed E-state index contributed by atoms with van der Waals surface area (Å²) in [5, 5.41) is 4.31. The van der Waals surface area contributed by atoms with Gasteiger partial charge in [-0.25, -0.2) is 13.8 Å². The molecule has 2 aliphatic rings. The quantitative estimate of drug-likeness (QED) is 0.266. The van der Waals surface area contributed by atoms with Crippen LogP contribution in [0.2, 0.25) is 0 Å². The van der Waals surface area contributed by atoms with Crippen LogP contribution in [0.1, 0.15) is 55.0 Å². The maximum Gasteiger partial charge on any atom is 0.264 e. The van der Waals surface area contributed by atoms with Crippen molar-refractivity contribution in [2.24, 2.45) is 0 Å². The predicted octanol–water partition coefficient (Wildman–Crippen LogP) is 6.58. The van der Waals surface area contributed by atoms with Crippen LogP contribution in [0, 0.1) is 25.5 Å². The number of halogens is 2. The number of hydrogen-bond acceptors (Lipinski definition) is 6. The summed E-state index contributed by atoms with van der Waals surface area (Å²) in [5.41, 5.74) is 5.00. The maximum absolute atomic E-state index is 14.2. The van der Waals surface area contributed by atoms with E-state index in [2.05, 4.69) is 27.9 Å². The highest BCUT2D eigenvalue weighted by Crippen LogP contribution is 2.41. The monoisotopic (exact) mass is 538 g/mol. The molecule has 0 bridgehead atoms. The van der Waals surface area contributed by atoms with E-state index in [1.54, 1.807) is 12.0 Å². The second kappa shape index (κ2) is 9.74. The Kier molecular flexibility index (Phi) is 6.39. The van der Waals surface area contributed by atoms with Gasteiger partial charge in [0.1, 0.15) is 24.2 Å². The van der Waals surface area contributed by atoms with E-state index in [0.717, 1.165) is 77.3 Å². The number of nitrogens with zero attached hydrogens (tertiary/aromatic N) is 4. The van der Waals surface area contributed by atoms with E-state index in [9.17, 15) is 8.78 Å². The van der Waals surface area contributed by atoms with Crippen LogP contribution in [0.25, 0.3) is 22.2 Å². The van der Waals surface area contributed by atoms with Gasteiger partial charge in [-0.1, -0.05) is 11.2 Å². The molecule has 0 amide bonds. The molecule has 3 heterocycles. The van der Waals surface area contributed by atoms with Gasteiger partial charge < -0.3 is 18.6 Å². The molecular weight excluding hydrogens is 510 g/mol. The molecule has 198 valence electrons. The molecule has 2 aromatic heterocycles. The van der Waals surface area contributed by atoms with Gasteiger partial charge in [0.2, 0.25) is 0 Å². The van der Waals surface area contributed by atoms with Gasteiger partial charge in [-0.15, -0.1) is 0 Å². The molecule has 0 N–H and O–H groups in total. The number of fused-ring (bicyclic) bond motifs is 1. The molecular formula is C28H28F2N4O3S. The van der Waals surface area contributed by atoms with Gasteiger partial charge in [-0.3, -0.25) is 4.90 Å². The summed E-state index contributed by atoms with van der Waals surface area (Å²) in [6.45, 7) is 4.07. The zero-order chi connectivity index (χ0) is 26.6. The molecule has 1 aliphatic carbocycles. The van der Waals surface area contributed by atoms with Crippen molar-refractivity contribution < 1.29 is 22.8 Å². The smallest absolute Gasteiger partial charge is 0.264 e. The fourth-order valence-corrected chi connectivity index (χ4v) is 6.16. The largest absolute Gasteiger partial charge is 0.468 e. The Labute approximate surface area is 224 Å². The number of aryl methyl sites for hydroxylation is 2. The summed E-state index contributed by atoms with van der Waals surface area (Å²) >= 11 is 5.51. The van der Waals surface area contributed by atoms with Gasteiger partial charge in [0.05, 0.1) is 22.8 Å².